The van der Waals surface area contributed by atoms with Gasteiger partial charge in [-0.2, -0.15) is 0 Å². The molecule has 4 aliphatic carbocycles. The summed E-state index contributed by atoms with van der Waals surface area (Å²) in [7, 11) is 0. The van der Waals surface area contributed by atoms with Crippen molar-refractivity contribution in [2.24, 2.45) is 16.7 Å². The summed E-state index contributed by atoms with van der Waals surface area (Å²) >= 11 is 0. The van der Waals surface area contributed by atoms with Crippen molar-refractivity contribution in [3.05, 3.63) is 0 Å². The maximum Gasteiger partial charge on any atom is -0.0253 e. The SMILES string of the molecule is CCCC12CC3(CCC13)C2. The molecule has 2 bridgehead atoms. The van der Waals surface area contributed by atoms with Crippen LogP contribution in [0.2, 0.25) is 0 Å². The highest BCUT2D eigenvalue weighted by Gasteiger charge is 2.77. The van der Waals surface area contributed by atoms with Crippen LogP contribution in [0.4, 0.5) is 0 Å². The first-order valence-electron chi connectivity index (χ1n) is 4.81. The standard InChI is InChI=1S/C10H16/c1-2-4-9-6-10(7-9)5-3-8(9)10/h8H,2-7H2,1H3. The van der Waals surface area contributed by atoms with Gasteiger partial charge in [0.05, 0.1) is 0 Å². The van der Waals surface area contributed by atoms with Gasteiger partial charge in [-0.25, -0.2) is 0 Å². The summed E-state index contributed by atoms with van der Waals surface area (Å²) in [6.07, 6.45) is 9.38. The second-order valence-corrected chi connectivity index (χ2v) is 4.92. The first kappa shape index (κ1) is 5.62. The number of rotatable bonds is 2. The summed E-state index contributed by atoms with van der Waals surface area (Å²) in [5.74, 6) is 1.22. The molecule has 0 aromatic carbocycles. The van der Waals surface area contributed by atoms with Gasteiger partial charge in [0.15, 0.2) is 0 Å². The Morgan fingerprint density at radius 3 is 2.50 bits per heavy atom. The van der Waals surface area contributed by atoms with Gasteiger partial charge in [-0.15, -0.1) is 0 Å². The Bertz CT molecular complexity index is 169. The van der Waals surface area contributed by atoms with Crippen LogP contribution in [0.5, 0.6) is 0 Å². The summed E-state index contributed by atoms with van der Waals surface area (Å²) < 4.78 is 0. The third kappa shape index (κ3) is 0.339. The van der Waals surface area contributed by atoms with Gasteiger partial charge in [-0.3, -0.25) is 0 Å². The lowest BCUT2D eigenvalue weighted by molar-refractivity contribution is -0.341. The molecule has 4 rings (SSSR count). The van der Waals surface area contributed by atoms with Crippen LogP contribution in [0, 0.1) is 16.7 Å². The Morgan fingerprint density at radius 1 is 1.40 bits per heavy atom. The third-order valence-corrected chi connectivity index (χ3v) is 4.57. The molecule has 0 saturated heterocycles. The molecule has 4 saturated carbocycles. The van der Waals surface area contributed by atoms with E-state index in [1.165, 1.54) is 12.3 Å². The van der Waals surface area contributed by atoms with E-state index >= 15 is 0 Å². The van der Waals surface area contributed by atoms with Gasteiger partial charge in [0, 0.05) is 0 Å². The molecule has 0 aromatic rings. The zero-order valence-electron chi connectivity index (χ0n) is 6.82. The second-order valence-electron chi connectivity index (χ2n) is 4.92. The van der Waals surface area contributed by atoms with E-state index in [4.69, 9.17) is 0 Å². The Balaban J connectivity index is 1.77. The monoisotopic (exact) mass is 136 g/mol. The van der Waals surface area contributed by atoms with Crippen molar-refractivity contribution < 1.29 is 0 Å². The lowest BCUT2D eigenvalue weighted by Crippen LogP contribution is -2.75. The van der Waals surface area contributed by atoms with Gasteiger partial charge in [-0.1, -0.05) is 13.3 Å². The zero-order chi connectivity index (χ0) is 6.82. The third-order valence-electron chi connectivity index (χ3n) is 4.57. The van der Waals surface area contributed by atoms with E-state index in [2.05, 4.69) is 6.92 Å². The quantitative estimate of drug-likeness (QED) is 0.547. The van der Waals surface area contributed by atoms with Crippen molar-refractivity contribution in [1.29, 1.82) is 0 Å². The van der Waals surface area contributed by atoms with Crippen LogP contribution >= 0.6 is 0 Å². The van der Waals surface area contributed by atoms with Crippen molar-refractivity contribution >= 4 is 0 Å². The Labute approximate surface area is 63.0 Å². The first-order valence-corrected chi connectivity index (χ1v) is 4.81. The van der Waals surface area contributed by atoms with Gasteiger partial charge in [0.25, 0.3) is 0 Å². The van der Waals surface area contributed by atoms with Crippen molar-refractivity contribution in [3.63, 3.8) is 0 Å². The highest BCUT2D eigenvalue weighted by atomic mass is 14.8. The highest BCUT2D eigenvalue weighted by molar-refractivity contribution is 5.27. The maximum absolute atomic E-state index is 2.34. The minimum atomic E-state index is 0.924. The van der Waals surface area contributed by atoms with Gasteiger partial charge in [0.1, 0.15) is 0 Å². The van der Waals surface area contributed by atoms with Crippen LogP contribution in [0.3, 0.4) is 0 Å². The molecular formula is C10H16. The summed E-state index contributed by atoms with van der Waals surface area (Å²) in [4.78, 5) is 0. The lowest BCUT2D eigenvalue weighted by Gasteiger charge is -2.83. The minimum Gasteiger partial charge on any atom is -0.0654 e. The molecule has 0 nitrogen and oxygen atoms in total. The molecule has 0 heteroatoms. The maximum atomic E-state index is 2.34. The lowest BCUT2D eigenvalue weighted by atomic mass is 9.21. The predicted molar refractivity (Wildman–Crippen MR) is 41.7 cm³/mol. The summed E-state index contributed by atoms with van der Waals surface area (Å²) in [5, 5.41) is 0. The van der Waals surface area contributed by atoms with Crippen LogP contribution in [-0.4, -0.2) is 0 Å². The smallest absolute Gasteiger partial charge is 0.0253 e. The minimum absolute atomic E-state index is 0.924. The summed E-state index contributed by atoms with van der Waals surface area (Å²) in [6.45, 7) is 2.34. The number of hydrogen-bond donors (Lipinski definition) is 0. The normalized spacial score (nSPS) is 61.5. The fraction of sp³-hybridized carbons (Fsp3) is 1.00. The van der Waals surface area contributed by atoms with E-state index < -0.39 is 0 Å². The predicted octanol–water partition coefficient (Wildman–Crippen LogP) is 2.98. The van der Waals surface area contributed by atoms with Crippen molar-refractivity contribution in [3.8, 4) is 0 Å². The largest absolute Gasteiger partial charge is 0.0654 e. The van der Waals surface area contributed by atoms with Crippen LogP contribution in [-0.2, 0) is 0 Å². The van der Waals surface area contributed by atoms with E-state index in [0.717, 1.165) is 10.8 Å². The molecule has 1 unspecified atom stereocenters. The Kier molecular flexibility index (Phi) is 0.735. The molecule has 56 valence electrons. The van der Waals surface area contributed by atoms with Crippen molar-refractivity contribution in [2.75, 3.05) is 0 Å². The molecule has 0 heterocycles. The molecule has 4 aliphatic rings. The van der Waals surface area contributed by atoms with Gasteiger partial charge in [-0.05, 0) is 48.9 Å². The number of hydrogen-bond acceptors (Lipinski definition) is 0. The topological polar surface area (TPSA) is 0 Å². The van der Waals surface area contributed by atoms with Gasteiger partial charge in [0.2, 0.25) is 0 Å². The van der Waals surface area contributed by atoms with E-state index in [0.29, 0.717) is 0 Å². The average molecular weight is 136 g/mol. The van der Waals surface area contributed by atoms with Crippen molar-refractivity contribution in [2.45, 2.75) is 45.4 Å². The summed E-state index contributed by atoms with van der Waals surface area (Å²) in [5.41, 5.74) is 1.89. The average Bonchev–Trinajstić information content (AvgIpc) is 1.81. The van der Waals surface area contributed by atoms with E-state index in [9.17, 15) is 0 Å². The molecule has 1 atom stereocenters. The molecule has 0 aromatic heterocycles. The zero-order valence-corrected chi connectivity index (χ0v) is 6.82. The van der Waals surface area contributed by atoms with Crippen LogP contribution in [0.1, 0.15) is 45.4 Å². The summed E-state index contributed by atoms with van der Waals surface area (Å²) in [6, 6.07) is 0. The van der Waals surface area contributed by atoms with Crippen molar-refractivity contribution in [1.82, 2.24) is 0 Å². The molecule has 1 spiro atoms. The molecule has 0 aliphatic heterocycles. The second kappa shape index (κ2) is 1.31. The van der Waals surface area contributed by atoms with Crippen LogP contribution < -0.4 is 0 Å². The molecule has 0 amide bonds. The Hall–Kier alpha value is 0. The molecule has 0 radical (unpaired) electrons. The first-order chi connectivity index (χ1) is 4.81. The molecule has 4 fully saturated rings. The molecule has 0 N–H and O–H groups in total. The fourth-order valence-corrected chi connectivity index (χ4v) is 4.26. The molecular weight excluding hydrogens is 120 g/mol. The Morgan fingerprint density at radius 2 is 2.20 bits per heavy atom. The van der Waals surface area contributed by atoms with E-state index in [1.54, 1.807) is 32.1 Å². The van der Waals surface area contributed by atoms with Crippen LogP contribution in [0.25, 0.3) is 0 Å². The van der Waals surface area contributed by atoms with Gasteiger partial charge >= 0.3 is 0 Å². The fourth-order valence-electron chi connectivity index (χ4n) is 4.26. The highest BCUT2D eigenvalue weighted by Crippen LogP contribution is 2.86. The van der Waals surface area contributed by atoms with E-state index in [1.807, 2.05) is 0 Å². The van der Waals surface area contributed by atoms with Gasteiger partial charge < -0.3 is 0 Å². The van der Waals surface area contributed by atoms with Crippen LogP contribution in [0.15, 0.2) is 0 Å². The van der Waals surface area contributed by atoms with E-state index in [-0.39, 0.29) is 0 Å². The molecule has 10 heavy (non-hydrogen) atoms.